The number of nitrogens with zero attached hydrogens (tertiary/aromatic N) is 5. The maximum atomic E-state index is 14.2. The smallest absolute Gasteiger partial charge is 0.225 e. The highest BCUT2D eigenvalue weighted by Crippen LogP contribution is 2.23. The summed E-state index contributed by atoms with van der Waals surface area (Å²) in [5, 5.41) is 0. The molecule has 128 valence electrons. The lowest BCUT2D eigenvalue weighted by Crippen LogP contribution is -2.49. The van der Waals surface area contributed by atoms with Crippen LogP contribution in [0.3, 0.4) is 0 Å². The lowest BCUT2D eigenvalue weighted by atomic mass is 10.0. The van der Waals surface area contributed by atoms with Crippen molar-refractivity contribution in [2.45, 2.75) is 6.04 Å². The average molecular weight is 329 g/mol. The van der Waals surface area contributed by atoms with Gasteiger partial charge in [0.25, 0.3) is 0 Å². The molecule has 1 fully saturated rings. The predicted octanol–water partition coefficient (Wildman–Crippen LogP) is 2.04. The molecule has 1 aliphatic rings. The minimum absolute atomic E-state index is 0.0470. The summed E-state index contributed by atoms with van der Waals surface area (Å²) in [4.78, 5) is 15.3. The minimum Gasteiger partial charge on any atom is -0.338 e. The van der Waals surface area contributed by atoms with E-state index in [0.29, 0.717) is 0 Å². The second-order valence-corrected chi connectivity index (χ2v) is 6.34. The molecular formula is C18H24FN5. The van der Waals surface area contributed by atoms with Crippen molar-refractivity contribution in [3.63, 3.8) is 0 Å². The molecule has 1 aromatic carbocycles. The molecule has 5 nitrogen and oxygen atoms in total. The van der Waals surface area contributed by atoms with E-state index in [-0.39, 0.29) is 11.9 Å². The number of likely N-dealkylation sites (N-methyl/N-ethyl adjacent to an activating group) is 1. The quantitative estimate of drug-likeness (QED) is 0.839. The Balaban J connectivity index is 1.63. The van der Waals surface area contributed by atoms with Crippen molar-refractivity contribution in [3.05, 3.63) is 54.1 Å². The monoisotopic (exact) mass is 329 g/mol. The van der Waals surface area contributed by atoms with Crippen molar-refractivity contribution in [2.24, 2.45) is 0 Å². The first-order valence-corrected chi connectivity index (χ1v) is 8.30. The lowest BCUT2D eigenvalue weighted by molar-refractivity contribution is 0.173. The van der Waals surface area contributed by atoms with Gasteiger partial charge in [0.2, 0.25) is 5.95 Å². The van der Waals surface area contributed by atoms with Gasteiger partial charge in [-0.1, -0.05) is 18.2 Å². The molecule has 1 atom stereocenters. The number of benzene rings is 1. The zero-order chi connectivity index (χ0) is 16.9. The highest BCUT2D eigenvalue weighted by Gasteiger charge is 2.24. The maximum absolute atomic E-state index is 14.2. The fraction of sp³-hybridized carbons (Fsp3) is 0.444. The van der Waals surface area contributed by atoms with Crippen LogP contribution in [0.25, 0.3) is 0 Å². The van der Waals surface area contributed by atoms with Gasteiger partial charge in [-0.25, -0.2) is 14.4 Å². The normalized spacial score (nSPS) is 17.2. The maximum Gasteiger partial charge on any atom is 0.225 e. The number of hydrogen-bond donors (Lipinski definition) is 0. The number of rotatable bonds is 5. The molecule has 24 heavy (non-hydrogen) atoms. The molecule has 0 radical (unpaired) electrons. The van der Waals surface area contributed by atoms with Crippen LogP contribution in [0.1, 0.15) is 11.6 Å². The van der Waals surface area contributed by atoms with E-state index in [2.05, 4.69) is 24.7 Å². The highest BCUT2D eigenvalue weighted by molar-refractivity contribution is 5.29. The minimum atomic E-state index is -0.132. The van der Waals surface area contributed by atoms with Crippen LogP contribution in [0.5, 0.6) is 0 Å². The van der Waals surface area contributed by atoms with Crippen molar-refractivity contribution >= 4 is 5.95 Å². The lowest BCUT2D eigenvalue weighted by Gasteiger charge is -2.38. The number of anilines is 1. The van der Waals surface area contributed by atoms with Gasteiger partial charge < -0.3 is 9.80 Å². The molecule has 1 aliphatic heterocycles. The molecule has 6 heteroatoms. The summed E-state index contributed by atoms with van der Waals surface area (Å²) in [6.45, 7) is 4.45. The van der Waals surface area contributed by atoms with Crippen molar-refractivity contribution in [1.82, 2.24) is 19.8 Å². The molecule has 0 spiro atoms. The Morgan fingerprint density at radius 3 is 2.33 bits per heavy atom. The summed E-state index contributed by atoms with van der Waals surface area (Å²) >= 11 is 0. The van der Waals surface area contributed by atoms with E-state index in [9.17, 15) is 4.39 Å². The summed E-state index contributed by atoms with van der Waals surface area (Å²) in [6, 6.07) is 8.94. The second-order valence-electron chi connectivity index (χ2n) is 6.34. The van der Waals surface area contributed by atoms with Crippen molar-refractivity contribution in [2.75, 3.05) is 51.7 Å². The molecule has 1 aromatic heterocycles. The molecule has 2 aromatic rings. The van der Waals surface area contributed by atoms with E-state index in [1.165, 1.54) is 6.07 Å². The van der Waals surface area contributed by atoms with Crippen LogP contribution in [-0.2, 0) is 0 Å². The van der Waals surface area contributed by atoms with Crippen LogP contribution in [0.2, 0.25) is 0 Å². The molecule has 1 unspecified atom stereocenters. The first-order valence-electron chi connectivity index (χ1n) is 8.30. The number of piperazine rings is 1. The standard InChI is InChI=1S/C18H24FN5/c1-22(2)17(15-6-3-4-7-16(15)19)14-23-10-12-24(13-11-23)18-20-8-5-9-21-18/h3-9,17H,10-14H2,1-2H3. The molecule has 2 heterocycles. The van der Waals surface area contributed by atoms with E-state index in [1.54, 1.807) is 18.5 Å². The Labute approximate surface area is 142 Å². The third-order valence-electron chi connectivity index (χ3n) is 4.53. The van der Waals surface area contributed by atoms with Crippen LogP contribution < -0.4 is 4.90 Å². The van der Waals surface area contributed by atoms with E-state index in [0.717, 1.165) is 44.2 Å². The molecule has 0 amide bonds. The van der Waals surface area contributed by atoms with E-state index in [4.69, 9.17) is 0 Å². The van der Waals surface area contributed by atoms with Gasteiger partial charge in [-0.2, -0.15) is 0 Å². The molecular weight excluding hydrogens is 305 g/mol. The van der Waals surface area contributed by atoms with Crippen LogP contribution >= 0.6 is 0 Å². The third kappa shape index (κ3) is 3.88. The summed E-state index contributed by atoms with van der Waals surface area (Å²) in [5.74, 6) is 0.655. The van der Waals surface area contributed by atoms with Gasteiger partial charge >= 0.3 is 0 Å². The first kappa shape index (κ1) is 16.8. The van der Waals surface area contributed by atoms with Gasteiger partial charge in [-0.3, -0.25) is 4.90 Å². The summed E-state index contributed by atoms with van der Waals surface area (Å²) < 4.78 is 14.2. The molecule has 3 rings (SSSR count). The largest absolute Gasteiger partial charge is 0.338 e. The zero-order valence-electron chi connectivity index (χ0n) is 14.3. The Bertz CT molecular complexity index is 641. The molecule has 0 bridgehead atoms. The van der Waals surface area contributed by atoms with Gasteiger partial charge in [-0.05, 0) is 26.2 Å². The summed E-state index contributed by atoms with van der Waals surface area (Å²) in [7, 11) is 4.01. The van der Waals surface area contributed by atoms with Gasteiger partial charge in [0.1, 0.15) is 5.82 Å². The zero-order valence-corrected chi connectivity index (χ0v) is 14.3. The number of hydrogen-bond acceptors (Lipinski definition) is 5. The topological polar surface area (TPSA) is 35.5 Å². The van der Waals surface area contributed by atoms with Gasteiger partial charge in [0, 0.05) is 56.7 Å². The SMILES string of the molecule is CN(C)C(CN1CCN(c2ncccn2)CC1)c1ccccc1F. The molecule has 0 N–H and O–H groups in total. The second kappa shape index (κ2) is 7.68. The Kier molecular flexibility index (Phi) is 5.37. The first-order chi connectivity index (χ1) is 11.6. The van der Waals surface area contributed by atoms with E-state index >= 15 is 0 Å². The van der Waals surface area contributed by atoms with Crippen LogP contribution in [0.15, 0.2) is 42.7 Å². The molecule has 0 aliphatic carbocycles. The Hall–Kier alpha value is -2.05. The van der Waals surface area contributed by atoms with Crippen LogP contribution in [-0.4, -0.2) is 66.6 Å². The number of aromatic nitrogens is 2. The third-order valence-corrected chi connectivity index (χ3v) is 4.53. The van der Waals surface area contributed by atoms with E-state index in [1.807, 2.05) is 32.3 Å². The average Bonchev–Trinajstić information content (AvgIpc) is 2.61. The molecule has 1 saturated heterocycles. The van der Waals surface area contributed by atoms with Gasteiger partial charge in [0.05, 0.1) is 0 Å². The summed E-state index contributed by atoms with van der Waals surface area (Å²) in [6.07, 6.45) is 3.55. The Morgan fingerprint density at radius 2 is 1.71 bits per heavy atom. The predicted molar refractivity (Wildman–Crippen MR) is 93.5 cm³/mol. The van der Waals surface area contributed by atoms with Gasteiger partial charge in [-0.15, -0.1) is 0 Å². The summed E-state index contributed by atoms with van der Waals surface area (Å²) in [5.41, 5.74) is 0.760. The van der Waals surface area contributed by atoms with Crippen molar-refractivity contribution in [1.29, 1.82) is 0 Å². The molecule has 0 saturated carbocycles. The van der Waals surface area contributed by atoms with Crippen LogP contribution in [0.4, 0.5) is 10.3 Å². The van der Waals surface area contributed by atoms with Gasteiger partial charge in [0.15, 0.2) is 0 Å². The van der Waals surface area contributed by atoms with E-state index < -0.39 is 0 Å². The fourth-order valence-electron chi connectivity index (χ4n) is 3.11. The van der Waals surface area contributed by atoms with Crippen molar-refractivity contribution in [3.8, 4) is 0 Å². The number of halogens is 1. The Morgan fingerprint density at radius 1 is 1.04 bits per heavy atom. The highest BCUT2D eigenvalue weighted by atomic mass is 19.1. The van der Waals surface area contributed by atoms with Crippen molar-refractivity contribution < 1.29 is 4.39 Å². The van der Waals surface area contributed by atoms with Crippen LogP contribution in [0, 0.1) is 5.82 Å². The fourth-order valence-corrected chi connectivity index (χ4v) is 3.11.